The van der Waals surface area contributed by atoms with Crippen LogP contribution in [0.2, 0.25) is 0 Å². The summed E-state index contributed by atoms with van der Waals surface area (Å²) in [5.74, 6) is 2.31. The Morgan fingerprint density at radius 1 is 1.05 bits per heavy atom. The zero-order valence-electron chi connectivity index (χ0n) is 14.5. The molecule has 0 N–H and O–H groups in total. The monoisotopic (exact) mass is 463 g/mol. The standard InChI is InChI=1S/C14H28.C4H5O.Dy.H3P/c1-12(11-14(2,3)4)10-13-8-6-5-7-9-13;5-3-4-1-2-4;;/h12-13H,5-11H2,1-4H3;4H,1-2H2;;1H3/q;-1;;. The second-order valence-corrected chi connectivity index (χ2v) is 8.00. The molecule has 0 aromatic carbocycles. The maximum atomic E-state index is 9.44. The van der Waals surface area contributed by atoms with E-state index in [4.69, 9.17) is 0 Å². The summed E-state index contributed by atoms with van der Waals surface area (Å²) in [5.41, 5.74) is 0.522. The summed E-state index contributed by atoms with van der Waals surface area (Å²) in [4.78, 5) is 9.44. The third kappa shape index (κ3) is 14.7. The molecule has 0 radical (unpaired) electrons. The van der Waals surface area contributed by atoms with E-state index in [9.17, 15) is 4.79 Å². The molecule has 2 fully saturated rings. The molecule has 130 valence electrons. The van der Waals surface area contributed by atoms with Crippen molar-refractivity contribution in [3.8, 4) is 0 Å². The van der Waals surface area contributed by atoms with Crippen LogP contribution in [0.1, 0.15) is 85.5 Å². The van der Waals surface area contributed by atoms with Crippen LogP contribution in [0.25, 0.3) is 0 Å². The third-order valence-electron chi connectivity index (χ3n) is 4.17. The van der Waals surface area contributed by atoms with Crippen LogP contribution in [0.15, 0.2) is 0 Å². The molecule has 21 heavy (non-hydrogen) atoms. The molecular formula is C18H36DyOP-. The first-order valence-corrected chi connectivity index (χ1v) is 8.28. The van der Waals surface area contributed by atoms with Gasteiger partial charge in [-0.15, -0.1) is 5.92 Å². The van der Waals surface area contributed by atoms with E-state index in [0.717, 1.165) is 24.7 Å². The Kier molecular flexibility index (Phi) is 15.0. The van der Waals surface area contributed by atoms with E-state index in [0.29, 0.717) is 11.3 Å². The van der Waals surface area contributed by atoms with E-state index < -0.39 is 0 Å². The van der Waals surface area contributed by atoms with Crippen LogP contribution >= 0.6 is 9.90 Å². The van der Waals surface area contributed by atoms with Crippen molar-refractivity contribution in [2.75, 3.05) is 0 Å². The predicted octanol–water partition coefficient (Wildman–Crippen LogP) is 5.59. The van der Waals surface area contributed by atoms with Gasteiger partial charge in [-0.05, 0) is 30.1 Å². The van der Waals surface area contributed by atoms with Crippen molar-refractivity contribution in [1.29, 1.82) is 0 Å². The SMILES string of the molecule is CC(CC1CCCCC1)CC(C)(C)C.O=[C-]C1CC1.P.[Dy]. The summed E-state index contributed by atoms with van der Waals surface area (Å²) < 4.78 is 0. The Balaban J connectivity index is 0. The van der Waals surface area contributed by atoms with E-state index in [1.165, 1.54) is 44.9 Å². The van der Waals surface area contributed by atoms with Crippen LogP contribution in [0, 0.1) is 61.3 Å². The Hall–Kier alpha value is 1.37. The molecular weight excluding hydrogens is 426 g/mol. The Bertz CT molecular complexity index is 252. The molecule has 1 nitrogen and oxygen atoms in total. The quantitative estimate of drug-likeness (QED) is 0.394. The fraction of sp³-hybridized carbons (Fsp3) is 0.944. The normalized spacial score (nSPS) is 20.2. The second kappa shape index (κ2) is 12.8. The van der Waals surface area contributed by atoms with Crippen LogP contribution in [-0.4, -0.2) is 6.29 Å². The molecule has 2 aliphatic rings. The van der Waals surface area contributed by atoms with Crippen molar-refractivity contribution in [2.24, 2.45) is 23.2 Å². The van der Waals surface area contributed by atoms with Crippen molar-refractivity contribution in [1.82, 2.24) is 0 Å². The molecule has 0 spiro atoms. The van der Waals surface area contributed by atoms with E-state index in [-0.39, 0.29) is 48.1 Å². The van der Waals surface area contributed by atoms with Crippen LogP contribution in [0.4, 0.5) is 0 Å². The van der Waals surface area contributed by atoms with Gasteiger partial charge >= 0.3 is 0 Å². The molecule has 2 unspecified atom stereocenters. The van der Waals surface area contributed by atoms with E-state index in [1.54, 1.807) is 0 Å². The van der Waals surface area contributed by atoms with Gasteiger partial charge in [-0.25, -0.2) is 0 Å². The Labute approximate surface area is 166 Å². The Morgan fingerprint density at radius 3 is 1.90 bits per heavy atom. The van der Waals surface area contributed by atoms with Gasteiger partial charge in [0, 0.05) is 38.2 Å². The summed E-state index contributed by atoms with van der Waals surface area (Å²) in [6, 6.07) is 0. The van der Waals surface area contributed by atoms with Gasteiger partial charge in [-0.3, -0.25) is 6.29 Å². The van der Waals surface area contributed by atoms with Crippen molar-refractivity contribution >= 4 is 16.2 Å². The first-order valence-electron chi connectivity index (χ1n) is 8.28. The van der Waals surface area contributed by atoms with Gasteiger partial charge in [0.2, 0.25) is 0 Å². The molecule has 0 heterocycles. The molecule has 2 aliphatic carbocycles. The van der Waals surface area contributed by atoms with Crippen LogP contribution < -0.4 is 0 Å². The number of carbonyl (C=O) groups excluding carboxylic acids is 1. The van der Waals surface area contributed by atoms with E-state index in [1.807, 2.05) is 6.29 Å². The predicted molar refractivity (Wildman–Crippen MR) is 94.0 cm³/mol. The maximum Gasteiger partial charge on any atom is 0 e. The number of rotatable bonds is 4. The third-order valence-corrected chi connectivity index (χ3v) is 4.17. The van der Waals surface area contributed by atoms with Gasteiger partial charge in [0.25, 0.3) is 0 Å². The summed E-state index contributed by atoms with van der Waals surface area (Å²) in [6.07, 6.45) is 14.4. The van der Waals surface area contributed by atoms with Crippen molar-refractivity contribution in [3.63, 3.8) is 0 Å². The molecule has 0 aliphatic heterocycles. The largest absolute Gasteiger partial charge is 0.542 e. The van der Waals surface area contributed by atoms with Crippen LogP contribution in [-0.2, 0) is 4.79 Å². The molecule has 0 aromatic rings. The van der Waals surface area contributed by atoms with Gasteiger partial charge in [-0.1, -0.05) is 72.6 Å². The van der Waals surface area contributed by atoms with Crippen LogP contribution in [0.3, 0.4) is 0 Å². The molecule has 0 bridgehead atoms. The van der Waals surface area contributed by atoms with Crippen LogP contribution in [0.5, 0.6) is 0 Å². The minimum atomic E-state index is 0. The first kappa shape index (κ1) is 24.6. The summed E-state index contributed by atoms with van der Waals surface area (Å²) >= 11 is 0. The topological polar surface area (TPSA) is 17.1 Å². The maximum absolute atomic E-state index is 9.44. The zero-order chi connectivity index (χ0) is 14.3. The van der Waals surface area contributed by atoms with Crippen molar-refractivity contribution in [3.05, 3.63) is 0 Å². The molecule has 0 amide bonds. The average Bonchev–Trinajstić information content (AvgIpc) is 3.11. The molecule has 2 rings (SSSR count). The smallest absolute Gasteiger partial charge is 0 e. The van der Waals surface area contributed by atoms with Gasteiger partial charge in [0.05, 0.1) is 0 Å². The van der Waals surface area contributed by atoms with E-state index in [2.05, 4.69) is 27.7 Å². The second-order valence-electron chi connectivity index (χ2n) is 8.00. The minimum absolute atomic E-state index is 0. The van der Waals surface area contributed by atoms with Gasteiger partial charge in [0.15, 0.2) is 0 Å². The van der Waals surface area contributed by atoms with Gasteiger partial charge < -0.3 is 4.79 Å². The first-order chi connectivity index (χ1) is 8.90. The molecule has 2 atom stereocenters. The molecule has 0 aromatic heterocycles. The Morgan fingerprint density at radius 2 is 1.57 bits per heavy atom. The van der Waals surface area contributed by atoms with E-state index >= 15 is 0 Å². The summed E-state index contributed by atoms with van der Waals surface area (Å²) in [6.45, 7) is 9.54. The minimum Gasteiger partial charge on any atom is -0.542 e. The molecule has 3 heteroatoms. The summed E-state index contributed by atoms with van der Waals surface area (Å²) in [5, 5.41) is 0. The fourth-order valence-electron chi connectivity index (χ4n) is 3.32. The number of hydrogen-bond acceptors (Lipinski definition) is 1. The van der Waals surface area contributed by atoms with Crippen molar-refractivity contribution in [2.45, 2.75) is 85.5 Å². The summed E-state index contributed by atoms with van der Waals surface area (Å²) in [7, 11) is 0. The average molecular weight is 462 g/mol. The zero-order valence-corrected chi connectivity index (χ0v) is 18.0. The number of hydrogen-bond donors (Lipinski definition) is 0. The van der Waals surface area contributed by atoms with Crippen molar-refractivity contribution < 1.29 is 43.0 Å². The van der Waals surface area contributed by atoms with Gasteiger partial charge in [-0.2, -0.15) is 9.90 Å². The molecule has 0 saturated heterocycles. The van der Waals surface area contributed by atoms with Gasteiger partial charge in [0.1, 0.15) is 0 Å². The fourth-order valence-corrected chi connectivity index (χ4v) is 3.32. The molecule has 2 saturated carbocycles.